The van der Waals surface area contributed by atoms with E-state index in [1.165, 1.54) is 18.1 Å². The summed E-state index contributed by atoms with van der Waals surface area (Å²) in [5, 5.41) is 3.60. The second-order valence-electron chi connectivity index (χ2n) is 5.37. The first-order valence-corrected chi connectivity index (χ1v) is 8.88. The summed E-state index contributed by atoms with van der Waals surface area (Å²) >= 11 is 7.24. The minimum absolute atomic E-state index is 0.149. The van der Waals surface area contributed by atoms with Crippen molar-refractivity contribution >= 4 is 46.1 Å². The highest BCUT2D eigenvalue weighted by Crippen LogP contribution is 2.27. The predicted octanol–water partition coefficient (Wildman–Crippen LogP) is 2.82. The Bertz CT molecular complexity index is 984. The molecule has 0 aliphatic heterocycles. The van der Waals surface area contributed by atoms with Crippen molar-refractivity contribution in [3.8, 4) is 0 Å². The van der Waals surface area contributed by atoms with E-state index in [1.54, 1.807) is 35.9 Å². The number of anilines is 1. The molecule has 0 bridgehead atoms. The molecule has 0 saturated carbocycles. The molecule has 7 nitrogen and oxygen atoms in total. The summed E-state index contributed by atoms with van der Waals surface area (Å²) in [6, 6.07) is 6.98. The van der Waals surface area contributed by atoms with Crippen molar-refractivity contribution in [2.24, 2.45) is 7.05 Å². The highest BCUT2D eigenvalue weighted by atomic mass is 35.5. The highest BCUT2D eigenvalue weighted by molar-refractivity contribution is 8.00. The number of aromatic amines is 1. The molecule has 9 heteroatoms. The first kappa shape index (κ1) is 17.5. The number of carbonyl (C=O) groups excluding carboxylic acids is 1. The van der Waals surface area contributed by atoms with Crippen molar-refractivity contribution in [1.29, 1.82) is 0 Å². The Balaban J connectivity index is 1.82. The number of rotatable bonds is 5. The van der Waals surface area contributed by atoms with Gasteiger partial charge in [-0.2, -0.15) is 0 Å². The summed E-state index contributed by atoms with van der Waals surface area (Å²) in [6.45, 7) is 1.92. The summed E-state index contributed by atoms with van der Waals surface area (Å²) in [4.78, 5) is 35.3. The molecule has 2 heterocycles. The molecule has 0 aliphatic rings. The molecule has 1 aromatic carbocycles. The summed E-state index contributed by atoms with van der Waals surface area (Å²) < 4.78 is 1.71. The van der Waals surface area contributed by atoms with Gasteiger partial charge in [0.2, 0.25) is 5.91 Å². The van der Waals surface area contributed by atoms with E-state index in [4.69, 9.17) is 11.6 Å². The number of aromatic nitrogens is 4. The largest absolute Gasteiger partial charge is 0.325 e. The zero-order valence-electron chi connectivity index (χ0n) is 13.6. The van der Waals surface area contributed by atoms with Gasteiger partial charge in [-0.3, -0.25) is 9.59 Å². The molecular weight excluding hydrogens is 362 g/mol. The van der Waals surface area contributed by atoms with Gasteiger partial charge in [0.15, 0.2) is 16.3 Å². The number of hydrogen-bond acceptors (Lipinski definition) is 5. The van der Waals surface area contributed by atoms with E-state index in [-0.39, 0.29) is 22.2 Å². The van der Waals surface area contributed by atoms with Gasteiger partial charge >= 0.3 is 0 Å². The Morgan fingerprint density at radius 3 is 2.96 bits per heavy atom. The minimum atomic E-state index is -0.367. The van der Waals surface area contributed by atoms with Crippen LogP contribution in [0.15, 0.2) is 40.5 Å². The van der Waals surface area contributed by atoms with Crippen molar-refractivity contribution in [3.63, 3.8) is 0 Å². The van der Waals surface area contributed by atoms with Crippen LogP contribution in [0.3, 0.4) is 0 Å². The lowest BCUT2D eigenvalue weighted by Crippen LogP contribution is -2.25. The van der Waals surface area contributed by atoms with Crippen LogP contribution in [0.4, 0.5) is 5.69 Å². The van der Waals surface area contributed by atoms with Crippen LogP contribution in [0.5, 0.6) is 0 Å². The summed E-state index contributed by atoms with van der Waals surface area (Å²) in [5.74, 6) is -0.149. The van der Waals surface area contributed by atoms with Crippen LogP contribution in [0.2, 0.25) is 5.02 Å². The number of nitrogens with one attached hydrogen (secondary N) is 2. The molecule has 0 unspecified atom stereocenters. The van der Waals surface area contributed by atoms with E-state index in [9.17, 15) is 9.59 Å². The fourth-order valence-corrected chi connectivity index (χ4v) is 3.50. The number of amides is 1. The Hall–Kier alpha value is -2.32. The Morgan fingerprint density at radius 2 is 2.28 bits per heavy atom. The maximum absolute atomic E-state index is 12.6. The molecule has 25 heavy (non-hydrogen) atoms. The number of benzene rings is 1. The van der Waals surface area contributed by atoms with Gasteiger partial charge in [0.25, 0.3) is 5.56 Å². The summed E-state index contributed by atoms with van der Waals surface area (Å²) in [7, 11) is 1.77. The van der Waals surface area contributed by atoms with Gasteiger partial charge in [-0.1, -0.05) is 36.4 Å². The first-order chi connectivity index (χ1) is 12.0. The summed E-state index contributed by atoms with van der Waals surface area (Å²) in [5.41, 5.74) is 1.08. The van der Waals surface area contributed by atoms with Crippen molar-refractivity contribution in [3.05, 3.63) is 46.0 Å². The van der Waals surface area contributed by atoms with Gasteiger partial charge in [0, 0.05) is 17.8 Å². The second kappa shape index (κ2) is 7.28. The number of hydrogen-bond donors (Lipinski definition) is 2. The van der Waals surface area contributed by atoms with E-state index in [1.807, 2.05) is 6.92 Å². The van der Waals surface area contributed by atoms with Crippen LogP contribution in [0, 0.1) is 0 Å². The molecule has 3 aromatic rings. The maximum Gasteiger partial charge on any atom is 0.278 e. The van der Waals surface area contributed by atoms with Gasteiger partial charge in [-0.05, 0) is 24.6 Å². The molecule has 1 atom stereocenters. The molecule has 130 valence electrons. The molecule has 0 fully saturated rings. The van der Waals surface area contributed by atoms with Crippen LogP contribution in [0.25, 0.3) is 11.2 Å². The number of imidazole rings is 1. The zero-order chi connectivity index (χ0) is 18.0. The number of fused-ring (bicyclic) bond motifs is 1. The van der Waals surface area contributed by atoms with Gasteiger partial charge in [0.05, 0.1) is 11.6 Å². The molecule has 1 amide bonds. The van der Waals surface area contributed by atoms with Gasteiger partial charge in [-0.25, -0.2) is 9.97 Å². The lowest BCUT2D eigenvalue weighted by Gasteiger charge is -2.14. The van der Waals surface area contributed by atoms with Crippen molar-refractivity contribution < 1.29 is 4.79 Å². The van der Waals surface area contributed by atoms with Crippen LogP contribution in [-0.4, -0.2) is 30.7 Å². The van der Waals surface area contributed by atoms with E-state index in [0.717, 1.165) is 0 Å². The van der Waals surface area contributed by atoms with Crippen molar-refractivity contribution in [2.45, 2.75) is 23.8 Å². The van der Waals surface area contributed by atoms with Gasteiger partial charge < -0.3 is 14.9 Å². The fourth-order valence-electron chi connectivity index (χ4n) is 2.33. The SMILES string of the molecule is CC[C@@H](Sc1nc2c(=O)[nH]cnc2n1C)C(=O)Nc1cccc(Cl)c1. The third-order valence-corrected chi connectivity index (χ3v) is 5.27. The number of aryl methyl sites for hydroxylation is 1. The van der Waals surface area contributed by atoms with E-state index < -0.39 is 0 Å². The normalized spacial score (nSPS) is 12.3. The first-order valence-electron chi connectivity index (χ1n) is 7.62. The molecule has 2 aromatic heterocycles. The standard InChI is InChI=1S/C16H16ClN5O2S/c1-3-11(14(23)20-10-6-4-5-9(17)7-10)25-16-21-12-13(22(16)2)18-8-19-15(12)24/h4-8,11H,3H2,1-2H3,(H,20,23)(H,18,19,24)/t11-/m1/s1. The summed E-state index contributed by atoms with van der Waals surface area (Å²) in [6.07, 6.45) is 1.94. The number of H-pyrrole nitrogens is 1. The van der Waals surface area contributed by atoms with E-state index in [0.29, 0.717) is 27.9 Å². The predicted molar refractivity (Wildman–Crippen MR) is 99.1 cm³/mol. The molecule has 0 radical (unpaired) electrons. The molecule has 0 aliphatic carbocycles. The van der Waals surface area contributed by atoms with Gasteiger partial charge in [-0.15, -0.1) is 0 Å². The lowest BCUT2D eigenvalue weighted by atomic mass is 10.3. The Morgan fingerprint density at radius 1 is 1.48 bits per heavy atom. The maximum atomic E-state index is 12.6. The monoisotopic (exact) mass is 377 g/mol. The Labute approximate surface area is 152 Å². The Kier molecular flexibility index (Phi) is 5.10. The second-order valence-corrected chi connectivity index (χ2v) is 6.98. The fraction of sp³-hybridized carbons (Fsp3) is 0.250. The molecule has 0 saturated heterocycles. The molecule has 2 N–H and O–H groups in total. The third kappa shape index (κ3) is 3.69. The van der Waals surface area contributed by atoms with Gasteiger partial charge in [0.1, 0.15) is 0 Å². The average Bonchev–Trinajstić information content (AvgIpc) is 2.90. The average molecular weight is 378 g/mol. The topological polar surface area (TPSA) is 92.7 Å². The smallest absolute Gasteiger partial charge is 0.278 e. The number of nitrogens with zero attached hydrogens (tertiary/aromatic N) is 3. The highest BCUT2D eigenvalue weighted by Gasteiger charge is 2.22. The number of thioether (sulfide) groups is 1. The van der Waals surface area contributed by atoms with E-state index >= 15 is 0 Å². The van der Waals surface area contributed by atoms with Crippen LogP contribution >= 0.6 is 23.4 Å². The van der Waals surface area contributed by atoms with Crippen LogP contribution < -0.4 is 10.9 Å². The minimum Gasteiger partial charge on any atom is -0.325 e. The zero-order valence-corrected chi connectivity index (χ0v) is 15.2. The van der Waals surface area contributed by atoms with Crippen molar-refractivity contribution in [2.75, 3.05) is 5.32 Å². The number of halogens is 1. The van der Waals surface area contributed by atoms with Crippen molar-refractivity contribution in [1.82, 2.24) is 19.5 Å². The van der Waals surface area contributed by atoms with Crippen LogP contribution in [0.1, 0.15) is 13.3 Å². The molecular formula is C16H16ClN5O2S. The molecule has 3 rings (SSSR count). The quantitative estimate of drug-likeness (QED) is 0.667. The molecule has 0 spiro atoms. The van der Waals surface area contributed by atoms with Crippen LogP contribution in [-0.2, 0) is 11.8 Å². The third-order valence-electron chi connectivity index (χ3n) is 3.62. The van der Waals surface area contributed by atoms with E-state index in [2.05, 4.69) is 20.3 Å². The lowest BCUT2D eigenvalue weighted by molar-refractivity contribution is -0.115. The number of carbonyl (C=O) groups is 1.